The average Bonchev–Trinajstić information content (AvgIpc) is 2.58. The predicted molar refractivity (Wildman–Crippen MR) is 106 cm³/mol. The Hall–Kier alpha value is -2.05. The van der Waals surface area contributed by atoms with Crippen molar-refractivity contribution in [1.82, 2.24) is 5.32 Å². The van der Waals surface area contributed by atoms with E-state index in [2.05, 4.69) is 5.32 Å². The molecule has 0 aliphatic carbocycles. The topological polar surface area (TPSA) is 66.5 Å². The van der Waals surface area contributed by atoms with Crippen LogP contribution in [0.1, 0.15) is 24.5 Å². The molecule has 0 heterocycles. The average molecular weight is 395 g/mol. The zero-order valence-corrected chi connectivity index (χ0v) is 16.6. The Balaban J connectivity index is 2.25. The van der Waals surface area contributed by atoms with E-state index >= 15 is 0 Å². The zero-order valence-electron chi connectivity index (χ0n) is 15.1. The first-order valence-electron chi connectivity index (χ1n) is 8.31. The summed E-state index contributed by atoms with van der Waals surface area (Å²) >= 11 is 6.11. The van der Waals surface area contributed by atoms with Gasteiger partial charge >= 0.3 is 0 Å². The van der Waals surface area contributed by atoms with Crippen LogP contribution in [0.4, 0.5) is 5.69 Å². The zero-order chi connectivity index (χ0) is 19.3. The van der Waals surface area contributed by atoms with E-state index in [1.165, 1.54) is 4.31 Å². The number of anilines is 1. The summed E-state index contributed by atoms with van der Waals surface area (Å²) in [5.41, 5.74) is 2.26. The van der Waals surface area contributed by atoms with Gasteiger partial charge in [0.2, 0.25) is 15.9 Å². The lowest BCUT2D eigenvalue weighted by molar-refractivity contribution is -0.122. The highest BCUT2D eigenvalue weighted by molar-refractivity contribution is 7.92. The Morgan fingerprint density at radius 2 is 1.77 bits per heavy atom. The summed E-state index contributed by atoms with van der Waals surface area (Å²) < 4.78 is 25.9. The molecule has 1 atom stereocenters. The summed E-state index contributed by atoms with van der Waals surface area (Å²) in [4.78, 5) is 12.7. The molecule has 0 aromatic heterocycles. The van der Waals surface area contributed by atoms with Gasteiger partial charge in [-0.15, -0.1) is 0 Å². The number of halogens is 1. The van der Waals surface area contributed by atoms with Gasteiger partial charge in [0.25, 0.3) is 0 Å². The summed E-state index contributed by atoms with van der Waals surface area (Å²) in [7, 11) is -3.63. The van der Waals surface area contributed by atoms with Crippen molar-refractivity contribution in [2.24, 2.45) is 0 Å². The first kappa shape index (κ1) is 20.3. The maximum absolute atomic E-state index is 12.7. The lowest BCUT2D eigenvalue weighted by atomic mass is 10.1. The lowest BCUT2D eigenvalue weighted by Crippen LogP contribution is -2.49. The fourth-order valence-corrected chi connectivity index (χ4v) is 4.11. The number of sulfonamides is 1. The summed E-state index contributed by atoms with van der Waals surface area (Å²) in [5.74, 6) is -0.363. The normalized spacial score (nSPS) is 12.5. The summed E-state index contributed by atoms with van der Waals surface area (Å²) in [6.45, 7) is 3.94. The Kier molecular flexibility index (Phi) is 6.67. The van der Waals surface area contributed by atoms with Crippen LogP contribution in [0.15, 0.2) is 48.5 Å². The standard InChI is InChI=1S/C19H23ClN2O3S/c1-4-18(19(23)21-13-15-7-5-6-8-17(15)20)22(26(3,24)25)16-11-9-14(2)10-12-16/h5-12,18H,4,13H2,1-3H3,(H,21,23). The molecule has 7 heteroatoms. The smallest absolute Gasteiger partial charge is 0.244 e. The van der Waals surface area contributed by atoms with Crippen LogP contribution in [0.25, 0.3) is 0 Å². The molecule has 0 saturated heterocycles. The van der Waals surface area contributed by atoms with Crippen molar-refractivity contribution in [3.05, 3.63) is 64.7 Å². The van der Waals surface area contributed by atoms with Gasteiger partial charge in [-0.05, 0) is 37.1 Å². The first-order valence-corrected chi connectivity index (χ1v) is 10.5. The quantitative estimate of drug-likeness (QED) is 0.781. The van der Waals surface area contributed by atoms with Crippen molar-refractivity contribution in [2.45, 2.75) is 32.9 Å². The van der Waals surface area contributed by atoms with Gasteiger partial charge in [0.1, 0.15) is 6.04 Å². The molecule has 0 fully saturated rings. The van der Waals surface area contributed by atoms with Crippen molar-refractivity contribution in [2.75, 3.05) is 10.6 Å². The van der Waals surface area contributed by atoms with E-state index in [0.717, 1.165) is 17.4 Å². The van der Waals surface area contributed by atoms with Crippen LogP contribution in [-0.4, -0.2) is 26.6 Å². The molecule has 2 rings (SSSR count). The molecule has 26 heavy (non-hydrogen) atoms. The van der Waals surface area contributed by atoms with Crippen molar-refractivity contribution in [3.63, 3.8) is 0 Å². The molecular weight excluding hydrogens is 372 g/mol. The third-order valence-corrected chi connectivity index (χ3v) is 5.58. The minimum atomic E-state index is -3.63. The maximum Gasteiger partial charge on any atom is 0.244 e. The molecule has 1 N–H and O–H groups in total. The third kappa shape index (κ3) is 4.99. The Bertz CT molecular complexity index is 867. The molecule has 0 spiro atoms. The van der Waals surface area contributed by atoms with Gasteiger partial charge in [0.15, 0.2) is 0 Å². The molecule has 0 aliphatic rings. The minimum Gasteiger partial charge on any atom is -0.350 e. The molecule has 1 amide bonds. The molecule has 0 radical (unpaired) electrons. The van der Waals surface area contributed by atoms with E-state index in [0.29, 0.717) is 17.1 Å². The SMILES string of the molecule is CCC(C(=O)NCc1ccccc1Cl)N(c1ccc(C)cc1)S(C)(=O)=O. The molecular formula is C19H23ClN2O3S. The minimum absolute atomic E-state index is 0.237. The largest absolute Gasteiger partial charge is 0.350 e. The van der Waals surface area contributed by atoms with Crippen LogP contribution >= 0.6 is 11.6 Å². The van der Waals surface area contributed by atoms with Crippen molar-refractivity contribution < 1.29 is 13.2 Å². The fraction of sp³-hybridized carbons (Fsp3) is 0.316. The number of rotatable bonds is 7. The Morgan fingerprint density at radius 1 is 1.15 bits per heavy atom. The second kappa shape index (κ2) is 8.56. The highest BCUT2D eigenvalue weighted by Gasteiger charge is 2.31. The number of amides is 1. The molecule has 5 nitrogen and oxygen atoms in total. The van der Waals surface area contributed by atoms with Gasteiger partial charge in [-0.25, -0.2) is 8.42 Å². The van der Waals surface area contributed by atoms with Crippen LogP contribution < -0.4 is 9.62 Å². The Morgan fingerprint density at radius 3 is 2.31 bits per heavy atom. The van der Waals surface area contributed by atoms with Gasteiger partial charge in [-0.1, -0.05) is 54.4 Å². The first-order chi connectivity index (χ1) is 12.2. The van der Waals surface area contributed by atoms with Gasteiger partial charge in [-0.3, -0.25) is 9.10 Å². The molecule has 0 bridgehead atoms. The second-order valence-electron chi connectivity index (χ2n) is 6.13. The number of carbonyl (C=O) groups is 1. The van der Waals surface area contributed by atoms with Crippen LogP contribution in [0.2, 0.25) is 5.02 Å². The number of hydrogen-bond donors (Lipinski definition) is 1. The number of hydrogen-bond acceptors (Lipinski definition) is 3. The molecule has 1 unspecified atom stereocenters. The summed E-state index contributed by atoms with van der Waals surface area (Å²) in [5, 5.41) is 3.35. The highest BCUT2D eigenvalue weighted by Crippen LogP contribution is 2.23. The van der Waals surface area contributed by atoms with Gasteiger partial charge in [0, 0.05) is 11.6 Å². The molecule has 0 saturated carbocycles. The van der Waals surface area contributed by atoms with Gasteiger partial charge < -0.3 is 5.32 Å². The predicted octanol–water partition coefficient (Wildman–Crippen LogP) is 3.51. The van der Waals surface area contributed by atoms with Crippen LogP contribution in [0.3, 0.4) is 0 Å². The van der Waals surface area contributed by atoms with E-state index < -0.39 is 16.1 Å². The molecule has 140 valence electrons. The highest BCUT2D eigenvalue weighted by atomic mass is 35.5. The number of benzene rings is 2. The second-order valence-corrected chi connectivity index (χ2v) is 8.39. The van der Waals surface area contributed by atoms with Crippen LogP contribution in [0.5, 0.6) is 0 Å². The number of nitrogens with one attached hydrogen (secondary N) is 1. The van der Waals surface area contributed by atoms with Crippen molar-refractivity contribution in [1.29, 1.82) is 0 Å². The van der Waals surface area contributed by atoms with E-state index in [1.807, 2.05) is 37.3 Å². The maximum atomic E-state index is 12.7. The lowest BCUT2D eigenvalue weighted by Gasteiger charge is -2.30. The third-order valence-electron chi connectivity index (χ3n) is 4.03. The fourth-order valence-electron chi connectivity index (χ4n) is 2.69. The van der Waals surface area contributed by atoms with E-state index in [-0.39, 0.29) is 12.5 Å². The number of aryl methyl sites for hydroxylation is 1. The van der Waals surface area contributed by atoms with E-state index in [9.17, 15) is 13.2 Å². The van der Waals surface area contributed by atoms with Crippen LogP contribution in [-0.2, 0) is 21.4 Å². The number of nitrogens with zero attached hydrogens (tertiary/aromatic N) is 1. The molecule has 2 aromatic carbocycles. The van der Waals surface area contributed by atoms with Crippen LogP contribution in [0, 0.1) is 6.92 Å². The Labute approximate surface area is 160 Å². The summed E-state index contributed by atoms with van der Waals surface area (Å²) in [6, 6.07) is 13.4. The van der Waals surface area contributed by atoms with Crippen molar-refractivity contribution >= 4 is 33.2 Å². The monoisotopic (exact) mass is 394 g/mol. The van der Waals surface area contributed by atoms with E-state index in [4.69, 9.17) is 11.6 Å². The van der Waals surface area contributed by atoms with Crippen molar-refractivity contribution in [3.8, 4) is 0 Å². The van der Waals surface area contributed by atoms with Gasteiger partial charge in [-0.2, -0.15) is 0 Å². The molecule has 2 aromatic rings. The summed E-state index contributed by atoms with van der Waals surface area (Å²) in [6.07, 6.45) is 1.45. The number of carbonyl (C=O) groups excluding carboxylic acids is 1. The van der Waals surface area contributed by atoms with Gasteiger partial charge in [0.05, 0.1) is 11.9 Å². The molecule has 0 aliphatic heterocycles. The van der Waals surface area contributed by atoms with E-state index in [1.54, 1.807) is 25.1 Å².